The third kappa shape index (κ3) is 5.03. The van der Waals surface area contributed by atoms with E-state index in [-0.39, 0.29) is 19.7 Å². The van der Waals surface area contributed by atoms with E-state index in [2.05, 4.69) is 5.32 Å². The van der Waals surface area contributed by atoms with E-state index >= 15 is 0 Å². The van der Waals surface area contributed by atoms with Crippen molar-refractivity contribution in [2.24, 2.45) is 5.73 Å². The first-order valence-corrected chi connectivity index (χ1v) is 3.56. The number of hydrogen-bond donors (Lipinski definition) is 5. The largest absolute Gasteiger partial charge is 0.480 e. The molecule has 0 amide bonds. The van der Waals surface area contributed by atoms with Gasteiger partial charge >= 0.3 is 5.97 Å². The molecule has 0 aromatic heterocycles. The van der Waals surface area contributed by atoms with E-state index in [1.165, 1.54) is 0 Å². The van der Waals surface area contributed by atoms with Gasteiger partial charge in [0.1, 0.15) is 6.04 Å². The summed E-state index contributed by atoms with van der Waals surface area (Å²) < 4.78 is 0. The zero-order valence-corrected chi connectivity index (χ0v) is 6.60. The number of nitrogens with two attached hydrogens (primary N) is 1. The Kier molecular flexibility index (Phi) is 5.56. The monoisotopic (exact) mass is 178 g/mol. The molecule has 0 aliphatic heterocycles. The summed E-state index contributed by atoms with van der Waals surface area (Å²) in [4.78, 5) is 10.2. The molecule has 0 fully saturated rings. The van der Waals surface area contributed by atoms with Crippen LogP contribution in [0.3, 0.4) is 0 Å². The van der Waals surface area contributed by atoms with Crippen LogP contribution in [0.1, 0.15) is 0 Å². The lowest BCUT2D eigenvalue weighted by atomic mass is 10.3. The van der Waals surface area contributed by atoms with E-state index in [9.17, 15) is 4.79 Å². The third-order valence-corrected chi connectivity index (χ3v) is 1.27. The molecule has 0 saturated carbocycles. The molecular formula is C6H14N2O4. The Morgan fingerprint density at radius 2 is 2.08 bits per heavy atom. The summed E-state index contributed by atoms with van der Waals surface area (Å²) in [7, 11) is 0. The number of hydrogen-bond acceptors (Lipinski definition) is 5. The fourth-order valence-corrected chi connectivity index (χ4v) is 0.557. The number of aliphatic hydroxyl groups is 2. The van der Waals surface area contributed by atoms with Gasteiger partial charge in [-0.1, -0.05) is 0 Å². The highest BCUT2D eigenvalue weighted by molar-refractivity contribution is 5.73. The van der Waals surface area contributed by atoms with E-state index in [0.717, 1.165) is 0 Å². The summed E-state index contributed by atoms with van der Waals surface area (Å²) in [6.45, 7) is -0.140. The lowest BCUT2D eigenvalue weighted by molar-refractivity contribution is -0.138. The highest BCUT2D eigenvalue weighted by atomic mass is 16.4. The quantitative estimate of drug-likeness (QED) is 0.303. The van der Waals surface area contributed by atoms with Gasteiger partial charge in [-0.15, -0.1) is 0 Å². The topological polar surface area (TPSA) is 116 Å². The van der Waals surface area contributed by atoms with Crippen molar-refractivity contribution in [3.05, 3.63) is 0 Å². The summed E-state index contributed by atoms with van der Waals surface area (Å²) in [6, 6.07) is -0.976. The minimum atomic E-state index is -1.10. The number of rotatable bonds is 6. The van der Waals surface area contributed by atoms with Gasteiger partial charge in [-0.3, -0.25) is 4.79 Å². The summed E-state index contributed by atoms with van der Waals surface area (Å²) >= 11 is 0. The van der Waals surface area contributed by atoms with Gasteiger partial charge in [0.2, 0.25) is 0 Å². The SMILES string of the molecule is NC(CNCC(O)CO)C(=O)O. The van der Waals surface area contributed by atoms with E-state index < -0.39 is 18.1 Å². The van der Waals surface area contributed by atoms with Crippen LogP contribution in [-0.4, -0.2) is 53.1 Å². The first kappa shape index (κ1) is 11.3. The Hall–Kier alpha value is -0.690. The first-order valence-electron chi connectivity index (χ1n) is 3.56. The van der Waals surface area contributed by atoms with Crippen LogP contribution in [0.25, 0.3) is 0 Å². The highest BCUT2D eigenvalue weighted by Gasteiger charge is 2.10. The number of aliphatic carboxylic acids is 1. The molecule has 6 N–H and O–H groups in total. The zero-order valence-electron chi connectivity index (χ0n) is 6.60. The average Bonchev–Trinajstić information content (AvgIpc) is 2.03. The minimum Gasteiger partial charge on any atom is -0.480 e. The Morgan fingerprint density at radius 3 is 2.50 bits per heavy atom. The van der Waals surface area contributed by atoms with E-state index in [1.807, 2.05) is 0 Å². The van der Waals surface area contributed by atoms with Crippen molar-refractivity contribution in [1.82, 2.24) is 5.32 Å². The molecule has 0 aliphatic carbocycles. The van der Waals surface area contributed by atoms with Crippen LogP contribution >= 0.6 is 0 Å². The van der Waals surface area contributed by atoms with Crippen molar-refractivity contribution >= 4 is 5.97 Å². The minimum absolute atomic E-state index is 0.0758. The van der Waals surface area contributed by atoms with Gasteiger partial charge in [-0.05, 0) is 0 Å². The van der Waals surface area contributed by atoms with Crippen LogP contribution in [0.15, 0.2) is 0 Å². The van der Waals surface area contributed by atoms with Crippen molar-refractivity contribution in [1.29, 1.82) is 0 Å². The molecule has 6 heteroatoms. The van der Waals surface area contributed by atoms with Crippen LogP contribution in [-0.2, 0) is 4.79 Å². The molecule has 12 heavy (non-hydrogen) atoms. The molecule has 0 aliphatic rings. The van der Waals surface area contributed by atoms with Crippen LogP contribution < -0.4 is 11.1 Å². The number of aliphatic hydroxyl groups excluding tert-OH is 2. The summed E-state index contributed by atoms with van der Waals surface area (Å²) in [5, 5.41) is 28.1. The third-order valence-electron chi connectivity index (χ3n) is 1.27. The molecule has 0 bridgehead atoms. The molecule has 0 rings (SSSR count). The van der Waals surface area contributed by atoms with Crippen molar-refractivity contribution < 1.29 is 20.1 Å². The predicted octanol–water partition coefficient (Wildman–Crippen LogP) is -2.66. The Morgan fingerprint density at radius 1 is 1.50 bits per heavy atom. The Labute approximate surface area is 70.0 Å². The van der Waals surface area contributed by atoms with E-state index in [0.29, 0.717) is 0 Å². The second-order valence-corrected chi connectivity index (χ2v) is 2.44. The molecule has 0 heterocycles. The maximum absolute atomic E-state index is 10.2. The lowest BCUT2D eigenvalue weighted by Gasteiger charge is -2.10. The van der Waals surface area contributed by atoms with Crippen molar-refractivity contribution in [3.8, 4) is 0 Å². The van der Waals surface area contributed by atoms with E-state index in [1.54, 1.807) is 0 Å². The molecule has 0 aromatic carbocycles. The highest BCUT2D eigenvalue weighted by Crippen LogP contribution is 1.79. The normalized spacial score (nSPS) is 15.6. The van der Waals surface area contributed by atoms with Crippen LogP contribution in [0.5, 0.6) is 0 Å². The number of nitrogens with one attached hydrogen (secondary N) is 1. The van der Waals surface area contributed by atoms with Gasteiger partial charge in [0.25, 0.3) is 0 Å². The average molecular weight is 178 g/mol. The molecular weight excluding hydrogens is 164 g/mol. The number of carboxylic acids is 1. The van der Waals surface area contributed by atoms with Gasteiger partial charge in [-0.2, -0.15) is 0 Å². The van der Waals surface area contributed by atoms with Crippen molar-refractivity contribution in [2.45, 2.75) is 12.1 Å². The maximum atomic E-state index is 10.2. The Balaban J connectivity index is 3.37. The van der Waals surface area contributed by atoms with E-state index in [4.69, 9.17) is 21.1 Å². The standard InChI is InChI=1S/C6H14N2O4/c7-5(6(11)12)2-8-1-4(10)3-9/h4-5,8-10H,1-3,7H2,(H,11,12). The van der Waals surface area contributed by atoms with Crippen LogP contribution in [0, 0.1) is 0 Å². The number of carbonyl (C=O) groups is 1. The summed E-state index contributed by atoms with van der Waals surface area (Å²) in [6.07, 6.45) is -0.869. The zero-order chi connectivity index (χ0) is 9.56. The fourth-order valence-electron chi connectivity index (χ4n) is 0.557. The lowest BCUT2D eigenvalue weighted by Crippen LogP contribution is -2.42. The molecule has 0 spiro atoms. The van der Waals surface area contributed by atoms with Crippen LogP contribution in [0.2, 0.25) is 0 Å². The first-order chi connectivity index (χ1) is 5.57. The Bertz CT molecular complexity index is 142. The molecule has 72 valence electrons. The maximum Gasteiger partial charge on any atom is 0.321 e. The second kappa shape index (κ2) is 5.90. The van der Waals surface area contributed by atoms with Crippen LogP contribution in [0.4, 0.5) is 0 Å². The van der Waals surface area contributed by atoms with Crippen molar-refractivity contribution in [3.63, 3.8) is 0 Å². The summed E-state index contributed by atoms with van der Waals surface area (Å²) in [5.41, 5.74) is 5.14. The predicted molar refractivity (Wildman–Crippen MR) is 41.6 cm³/mol. The molecule has 0 radical (unpaired) electrons. The fraction of sp³-hybridized carbons (Fsp3) is 0.833. The van der Waals surface area contributed by atoms with Gasteiger partial charge in [-0.25, -0.2) is 0 Å². The molecule has 2 unspecified atom stereocenters. The van der Waals surface area contributed by atoms with Gasteiger partial charge in [0.05, 0.1) is 12.7 Å². The smallest absolute Gasteiger partial charge is 0.321 e. The number of carboxylic acid groups (broad SMARTS) is 1. The second-order valence-electron chi connectivity index (χ2n) is 2.44. The molecule has 0 aromatic rings. The molecule has 6 nitrogen and oxygen atoms in total. The molecule has 2 atom stereocenters. The van der Waals surface area contributed by atoms with Gasteiger partial charge < -0.3 is 26.4 Å². The summed E-state index contributed by atoms with van der Waals surface area (Å²) in [5.74, 6) is -1.10. The van der Waals surface area contributed by atoms with Crippen molar-refractivity contribution in [2.75, 3.05) is 19.7 Å². The van der Waals surface area contributed by atoms with Gasteiger partial charge in [0.15, 0.2) is 0 Å². The van der Waals surface area contributed by atoms with Gasteiger partial charge in [0, 0.05) is 13.1 Å². The molecule has 0 saturated heterocycles.